The monoisotopic (exact) mass is 423 g/mol. The summed E-state index contributed by atoms with van der Waals surface area (Å²) in [5.74, 6) is 1.40. The van der Waals surface area contributed by atoms with E-state index < -0.39 is 0 Å². The van der Waals surface area contributed by atoms with Gasteiger partial charge in [0.1, 0.15) is 6.07 Å². The summed E-state index contributed by atoms with van der Waals surface area (Å²) in [7, 11) is 1.57. The molecule has 6 heteroatoms. The van der Waals surface area contributed by atoms with Crippen molar-refractivity contribution in [3.8, 4) is 17.6 Å². The van der Waals surface area contributed by atoms with Gasteiger partial charge in [0, 0.05) is 6.42 Å². The molecule has 1 heterocycles. The standard InChI is InChI=1S/C26H21N3O3/c1-31-24-16-19(11-12-23(24)32-14-13-18-7-3-2-4-8-18)15-20(17-27)25-28-22-10-6-5-9-21(22)26(30)29-25/h2-12,15-16H,13-14H2,1H3,(H,28,29,30)/b20-15-. The average Bonchev–Trinajstić information content (AvgIpc) is 2.83. The molecule has 1 N–H and O–H groups in total. The van der Waals surface area contributed by atoms with E-state index in [0.29, 0.717) is 29.0 Å². The van der Waals surface area contributed by atoms with Crippen LogP contribution in [0.1, 0.15) is 17.0 Å². The summed E-state index contributed by atoms with van der Waals surface area (Å²) in [4.78, 5) is 19.5. The van der Waals surface area contributed by atoms with Gasteiger partial charge in [0.25, 0.3) is 5.56 Å². The first-order valence-corrected chi connectivity index (χ1v) is 10.1. The Morgan fingerprint density at radius 2 is 1.84 bits per heavy atom. The van der Waals surface area contributed by atoms with Crippen LogP contribution in [0.2, 0.25) is 0 Å². The van der Waals surface area contributed by atoms with Crippen molar-refractivity contribution in [2.45, 2.75) is 6.42 Å². The Balaban J connectivity index is 1.57. The topological polar surface area (TPSA) is 88.0 Å². The number of fused-ring (bicyclic) bond motifs is 1. The number of nitrogens with zero attached hydrogens (tertiary/aromatic N) is 2. The minimum Gasteiger partial charge on any atom is -0.493 e. The SMILES string of the molecule is COc1cc(/C=C(/C#N)c2nc3ccccc3c(=O)[nH]2)ccc1OCCc1ccccc1. The lowest BCUT2D eigenvalue weighted by molar-refractivity contribution is 0.297. The summed E-state index contributed by atoms with van der Waals surface area (Å²) in [6.07, 6.45) is 2.44. The molecule has 4 rings (SSSR count). The Labute approximate surface area is 185 Å². The van der Waals surface area contributed by atoms with Crippen molar-refractivity contribution in [3.05, 3.63) is 100 Å². The van der Waals surface area contributed by atoms with E-state index in [4.69, 9.17) is 9.47 Å². The molecule has 6 nitrogen and oxygen atoms in total. The Morgan fingerprint density at radius 3 is 2.62 bits per heavy atom. The minimum atomic E-state index is -0.286. The molecule has 1 aromatic heterocycles. The van der Waals surface area contributed by atoms with Crippen molar-refractivity contribution < 1.29 is 9.47 Å². The van der Waals surface area contributed by atoms with Crippen LogP contribution in [-0.2, 0) is 6.42 Å². The van der Waals surface area contributed by atoms with Crippen LogP contribution in [0.15, 0.2) is 77.6 Å². The molecule has 0 spiro atoms. The highest BCUT2D eigenvalue weighted by atomic mass is 16.5. The van der Waals surface area contributed by atoms with Gasteiger partial charge in [0.05, 0.1) is 30.2 Å². The first kappa shape index (κ1) is 20.9. The number of rotatable bonds is 7. The number of hydrogen-bond acceptors (Lipinski definition) is 5. The van der Waals surface area contributed by atoms with Gasteiger partial charge in [0.15, 0.2) is 17.3 Å². The maximum absolute atomic E-state index is 12.4. The molecule has 3 aromatic carbocycles. The third kappa shape index (κ3) is 4.68. The lowest BCUT2D eigenvalue weighted by Gasteiger charge is -2.11. The zero-order chi connectivity index (χ0) is 22.3. The van der Waals surface area contributed by atoms with Crippen LogP contribution in [0.5, 0.6) is 11.5 Å². The van der Waals surface area contributed by atoms with Gasteiger partial charge in [-0.3, -0.25) is 4.79 Å². The third-order valence-electron chi connectivity index (χ3n) is 4.98. The molecule has 0 saturated carbocycles. The predicted molar refractivity (Wildman–Crippen MR) is 124 cm³/mol. The van der Waals surface area contributed by atoms with E-state index in [1.165, 1.54) is 5.56 Å². The molecule has 0 aliphatic rings. The molecular formula is C26H21N3O3. The summed E-state index contributed by atoms with van der Waals surface area (Å²) in [5.41, 5.74) is 2.41. The number of para-hydroxylation sites is 1. The van der Waals surface area contributed by atoms with Crippen molar-refractivity contribution in [2.75, 3.05) is 13.7 Å². The molecule has 0 fully saturated rings. The van der Waals surface area contributed by atoms with Crippen molar-refractivity contribution in [1.29, 1.82) is 5.26 Å². The lowest BCUT2D eigenvalue weighted by atomic mass is 10.1. The quantitative estimate of drug-likeness (QED) is 0.438. The van der Waals surface area contributed by atoms with Gasteiger partial charge in [0.2, 0.25) is 0 Å². The van der Waals surface area contributed by atoms with Gasteiger partial charge < -0.3 is 14.5 Å². The molecule has 0 aliphatic carbocycles. The van der Waals surface area contributed by atoms with Crippen LogP contribution in [0.3, 0.4) is 0 Å². The van der Waals surface area contributed by atoms with Gasteiger partial charge in [-0.1, -0.05) is 48.5 Å². The first-order valence-electron chi connectivity index (χ1n) is 10.1. The fourth-order valence-electron chi connectivity index (χ4n) is 3.35. The number of aromatic amines is 1. The normalized spacial score (nSPS) is 11.2. The van der Waals surface area contributed by atoms with Crippen molar-refractivity contribution in [1.82, 2.24) is 9.97 Å². The number of benzene rings is 3. The number of H-pyrrole nitrogens is 1. The summed E-state index contributed by atoms with van der Waals surface area (Å²) in [5, 5.41) is 10.2. The molecule has 0 bridgehead atoms. The van der Waals surface area contributed by atoms with Crippen LogP contribution >= 0.6 is 0 Å². The molecule has 4 aromatic rings. The van der Waals surface area contributed by atoms with Crippen molar-refractivity contribution in [2.24, 2.45) is 0 Å². The molecule has 0 atom stereocenters. The highest BCUT2D eigenvalue weighted by Gasteiger charge is 2.10. The number of aromatic nitrogens is 2. The number of ether oxygens (including phenoxy) is 2. The number of nitrogens with one attached hydrogen (secondary N) is 1. The van der Waals surface area contributed by atoms with Gasteiger partial charge >= 0.3 is 0 Å². The zero-order valence-electron chi connectivity index (χ0n) is 17.5. The second-order valence-corrected chi connectivity index (χ2v) is 7.10. The Morgan fingerprint density at radius 1 is 1.06 bits per heavy atom. The zero-order valence-corrected chi connectivity index (χ0v) is 17.5. The second kappa shape index (κ2) is 9.63. The summed E-state index contributed by atoms with van der Waals surface area (Å²) >= 11 is 0. The summed E-state index contributed by atoms with van der Waals surface area (Å²) in [6.45, 7) is 0.515. The van der Waals surface area contributed by atoms with Gasteiger partial charge in [-0.25, -0.2) is 4.98 Å². The van der Waals surface area contributed by atoms with Crippen molar-refractivity contribution >= 4 is 22.6 Å². The van der Waals surface area contributed by atoms with Crippen LogP contribution in [0.25, 0.3) is 22.6 Å². The molecule has 158 valence electrons. The maximum Gasteiger partial charge on any atom is 0.259 e. The average molecular weight is 423 g/mol. The van der Waals surface area contributed by atoms with E-state index >= 15 is 0 Å². The number of methoxy groups -OCH3 is 1. The number of allylic oxidation sites excluding steroid dienone is 1. The van der Waals surface area contributed by atoms with E-state index in [2.05, 4.69) is 28.2 Å². The van der Waals surface area contributed by atoms with Crippen molar-refractivity contribution in [3.63, 3.8) is 0 Å². The summed E-state index contributed by atoms with van der Waals surface area (Å²) < 4.78 is 11.4. The molecule has 0 radical (unpaired) electrons. The third-order valence-corrected chi connectivity index (χ3v) is 4.98. The Bertz CT molecular complexity index is 1370. The maximum atomic E-state index is 12.4. The van der Waals surface area contributed by atoms with E-state index in [0.717, 1.165) is 12.0 Å². The predicted octanol–water partition coefficient (Wildman–Crippen LogP) is 4.62. The van der Waals surface area contributed by atoms with Gasteiger partial charge in [-0.05, 0) is 41.5 Å². The van der Waals surface area contributed by atoms with Crippen LogP contribution in [-0.4, -0.2) is 23.7 Å². The number of hydrogen-bond donors (Lipinski definition) is 1. The van der Waals surface area contributed by atoms with E-state index in [9.17, 15) is 10.1 Å². The molecule has 0 amide bonds. The fourth-order valence-corrected chi connectivity index (χ4v) is 3.35. The summed E-state index contributed by atoms with van der Waals surface area (Å²) in [6, 6.07) is 24.7. The van der Waals surface area contributed by atoms with Crippen LogP contribution in [0, 0.1) is 11.3 Å². The number of nitriles is 1. The fraction of sp³-hybridized carbons (Fsp3) is 0.115. The van der Waals surface area contributed by atoms with E-state index in [1.54, 1.807) is 49.6 Å². The lowest BCUT2D eigenvalue weighted by Crippen LogP contribution is -2.11. The molecule has 0 unspecified atom stereocenters. The first-order chi connectivity index (χ1) is 15.7. The van der Waals surface area contributed by atoms with E-state index in [1.807, 2.05) is 24.3 Å². The van der Waals surface area contributed by atoms with E-state index in [-0.39, 0.29) is 17.0 Å². The molecular weight excluding hydrogens is 402 g/mol. The van der Waals surface area contributed by atoms with Gasteiger partial charge in [-0.15, -0.1) is 0 Å². The second-order valence-electron chi connectivity index (χ2n) is 7.10. The molecule has 0 aliphatic heterocycles. The largest absolute Gasteiger partial charge is 0.493 e. The minimum absolute atomic E-state index is 0.221. The van der Waals surface area contributed by atoms with Crippen LogP contribution < -0.4 is 15.0 Å². The highest BCUT2D eigenvalue weighted by Crippen LogP contribution is 2.29. The smallest absolute Gasteiger partial charge is 0.259 e. The van der Waals surface area contributed by atoms with Gasteiger partial charge in [-0.2, -0.15) is 5.26 Å². The Kier molecular flexibility index (Phi) is 6.28. The highest BCUT2D eigenvalue weighted by molar-refractivity contribution is 5.89. The van der Waals surface area contributed by atoms with Crippen LogP contribution in [0.4, 0.5) is 0 Å². The molecule has 0 saturated heterocycles. The Hall–Kier alpha value is -4.37. The molecule has 32 heavy (non-hydrogen) atoms.